The summed E-state index contributed by atoms with van der Waals surface area (Å²) >= 11 is 0. The Morgan fingerprint density at radius 2 is 1.95 bits per heavy atom. The lowest BCUT2D eigenvalue weighted by Crippen LogP contribution is -2.17. The normalized spacial score (nSPS) is 11.8. The van der Waals surface area contributed by atoms with E-state index in [1.807, 2.05) is 13.1 Å². The average molecular weight is 579 g/mol. The molecular weight excluding hydrogens is 546 g/mol. The number of carbonyl (C=O) groups is 1. The van der Waals surface area contributed by atoms with Gasteiger partial charge in [-0.1, -0.05) is 20.8 Å². The van der Waals surface area contributed by atoms with Gasteiger partial charge in [-0.2, -0.15) is 4.98 Å². The number of pyridine rings is 2. The van der Waals surface area contributed by atoms with Gasteiger partial charge in [0.2, 0.25) is 5.95 Å². The van der Waals surface area contributed by atoms with Crippen LogP contribution in [-0.4, -0.2) is 53.2 Å². The molecule has 1 N–H and O–H groups in total. The number of anilines is 2. The molecule has 0 amide bonds. The molecule has 11 nitrogen and oxygen atoms in total. The molecule has 0 atom stereocenters. The number of halogens is 2. The van der Waals surface area contributed by atoms with Crippen LogP contribution in [0.5, 0.6) is 17.2 Å². The number of ether oxygens (including phenoxy) is 2. The van der Waals surface area contributed by atoms with Gasteiger partial charge in [0.05, 0.1) is 36.9 Å². The number of fused-ring (bicyclic) bond motifs is 1. The fourth-order valence-corrected chi connectivity index (χ4v) is 4.62. The fraction of sp³-hybridized carbons (Fsp3) is 0.345. The van der Waals surface area contributed by atoms with Crippen LogP contribution < -0.4 is 14.8 Å². The number of alkyl halides is 2. The minimum absolute atomic E-state index is 0.000159. The molecule has 0 unspecified atom stereocenters. The SMILES string of the molecule is COc1c(Oc2ccnc(CC(C)=O)c2)cnc2nc(Nc3cc(C(C)(C)C)n(-c4ccn(CC(F)F)c4)n3)n(C)c12. The molecule has 0 saturated heterocycles. The van der Waals surface area contributed by atoms with Crippen LogP contribution in [0.25, 0.3) is 16.9 Å². The van der Waals surface area contributed by atoms with Crippen molar-refractivity contribution in [1.29, 1.82) is 0 Å². The molecule has 0 radical (unpaired) electrons. The van der Waals surface area contributed by atoms with Crippen molar-refractivity contribution in [2.24, 2.45) is 7.05 Å². The van der Waals surface area contributed by atoms with E-state index in [4.69, 9.17) is 14.6 Å². The van der Waals surface area contributed by atoms with E-state index in [1.165, 1.54) is 24.8 Å². The van der Waals surface area contributed by atoms with Crippen molar-refractivity contribution in [3.8, 4) is 22.9 Å². The Kier molecular flexibility index (Phi) is 7.67. The summed E-state index contributed by atoms with van der Waals surface area (Å²) in [6.07, 6.45) is 4.12. The Morgan fingerprint density at radius 1 is 1.17 bits per heavy atom. The highest BCUT2D eigenvalue weighted by Crippen LogP contribution is 2.38. The van der Waals surface area contributed by atoms with Crippen molar-refractivity contribution < 1.29 is 23.0 Å². The number of nitrogens with one attached hydrogen (secondary N) is 1. The molecule has 0 bridgehead atoms. The van der Waals surface area contributed by atoms with Crippen LogP contribution in [0.4, 0.5) is 20.5 Å². The number of hydrogen-bond donors (Lipinski definition) is 1. The van der Waals surface area contributed by atoms with Crippen molar-refractivity contribution in [3.05, 3.63) is 60.4 Å². The van der Waals surface area contributed by atoms with Crippen molar-refractivity contribution in [2.75, 3.05) is 12.4 Å². The third-order valence-electron chi connectivity index (χ3n) is 6.52. The molecule has 5 aromatic heterocycles. The van der Waals surface area contributed by atoms with Gasteiger partial charge in [0, 0.05) is 49.6 Å². The van der Waals surface area contributed by atoms with Gasteiger partial charge in [-0.15, -0.1) is 5.10 Å². The van der Waals surface area contributed by atoms with Crippen molar-refractivity contribution in [1.82, 2.24) is 33.9 Å². The van der Waals surface area contributed by atoms with Crippen LogP contribution in [0.1, 0.15) is 39.1 Å². The molecule has 0 aliphatic carbocycles. The van der Waals surface area contributed by atoms with Crippen molar-refractivity contribution >= 4 is 28.7 Å². The van der Waals surface area contributed by atoms with Gasteiger partial charge in [0.15, 0.2) is 23.0 Å². The molecule has 0 aliphatic rings. The Balaban J connectivity index is 1.48. The van der Waals surface area contributed by atoms with Crippen LogP contribution in [-0.2, 0) is 30.2 Å². The predicted octanol–water partition coefficient (Wildman–Crippen LogP) is 5.59. The number of rotatable bonds is 10. The maximum Gasteiger partial charge on any atom is 0.256 e. The number of ketones is 1. The largest absolute Gasteiger partial charge is 0.491 e. The number of imidazole rings is 1. The highest BCUT2D eigenvalue weighted by atomic mass is 19.3. The number of aryl methyl sites for hydroxylation is 1. The Hall–Kier alpha value is -4.81. The quantitative estimate of drug-likeness (QED) is 0.228. The fourth-order valence-electron chi connectivity index (χ4n) is 4.62. The predicted molar refractivity (Wildman–Crippen MR) is 153 cm³/mol. The second-order valence-electron chi connectivity index (χ2n) is 10.9. The lowest BCUT2D eigenvalue weighted by atomic mass is 9.92. The molecule has 5 heterocycles. The van der Waals surface area contributed by atoms with Gasteiger partial charge < -0.3 is 23.9 Å². The zero-order valence-corrected chi connectivity index (χ0v) is 24.2. The van der Waals surface area contributed by atoms with Gasteiger partial charge in [-0.3, -0.25) is 9.78 Å². The highest BCUT2D eigenvalue weighted by molar-refractivity contribution is 5.84. The van der Waals surface area contributed by atoms with Crippen LogP contribution in [0.3, 0.4) is 0 Å². The van der Waals surface area contributed by atoms with Crippen molar-refractivity contribution in [3.63, 3.8) is 0 Å². The first kappa shape index (κ1) is 28.7. The van der Waals surface area contributed by atoms with Gasteiger partial charge in [-0.05, 0) is 19.1 Å². The zero-order valence-electron chi connectivity index (χ0n) is 24.2. The van der Waals surface area contributed by atoms with Gasteiger partial charge in [0.25, 0.3) is 6.43 Å². The molecule has 5 rings (SSSR count). The summed E-state index contributed by atoms with van der Waals surface area (Å²) in [4.78, 5) is 24.9. The molecule has 0 fully saturated rings. The van der Waals surface area contributed by atoms with Crippen LogP contribution in [0.2, 0.25) is 0 Å². The van der Waals surface area contributed by atoms with Gasteiger partial charge >= 0.3 is 0 Å². The number of Topliss-reactive ketones (excluding diaryl/α,β-unsaturated/α-hetero) is 1. The van der Waals surface area contributed by atoms with E-state index in [-0.39, 0.29) is 17.6 Å². The van der Waals surface area contributed by atoms with Crippen LogP contribution in [0, 0.1) is 0 Å². The molecule has 0 spiro atoms. The molecule has 0 aliphatic heterocycles. The maximum atomic E-state index is 12.9. The first-order valence-electron chi connectivity index (χ1n) is 13.3. The second kappa shape index (κ2) is 11.2. The zero-order chi connectivity index (χ0) is 30.2. The molecule has 42 heavy (non-hydrogen) atoms. The van der Waals surface area contributed by atoms with E-state index in [1.54, 1.807) is 46.0 Å². The van der Waals surface area contributed by atoms with Gasteiger partial charge in [-0.25, -0.2) is 18.4 Å². The van der Waals surface area contributed by atoms with Crippen LogP contribution >= 0.6 is 0 Å². The third kappa shape index (κ3) is 5.94. The third-order valence-corrected chi connectivity index (χ3v) is 6.52. The maximum absolute atomic E-state index is 12.9. The summed E-state index contributed by atoms with van der Waals surface area (Å²) < 4.78 is 42.6. The molecule has 220 valence electrons. The number of aromatic nitrogens is 7. The minimum atomic E-state index is -2.45. The average Bonchev–Trinajstić information content (AvgIpc) is 3.62. The number of methoxy groups -OCH3 is 1. The number of hydrogen-bond acceptors (Lipinski definition) is 8. The molecule has 0 aromatic carbocycles. The Labute approximate surface area is 241 Å². The van der Waals surface area contributed by atoms with Gasteiger partial charge in [0.1, 0.15) is 17.0 Å². The first-order chi connectivity index (χ1) is 19.9. The summed E-state index contributed by atoms with van der Waals surface area (Å²) in [5, 5.41) is 8.00. The Bertz CT molecular complexity index is 1750. The van der Waals surface area contributed by atoms with E-state index in [0.717, 1.165) is 5.69 Å². The van der Waals surface area contributed by atoms with E-state index in [2.05, 4.69) is 41.0 Å². The number of nitrogens with zero attached hydrogens (tertiary/aromatic N) is 7. The summed E-state index contributed by atoms with van der Waals surface area (Å²) in [6.45, 7) is 7.28. The first-order valence-corrected chi connectivity index (χ1v) is 13.3. The molecule has 5 aromatic rings. The Morgan fingerprint density at radius 3 is 2.64 bits per heavy atom. The lowest BCUT2D eigenvalue weighted by molar-refractivity contribution is -0.116. The van der Waals surface area contributed by atoms with E-state index in [9.17, 15) is 13.6 Å². The molecule has 0 saturated carbocycles. The van der Waals surface area contributed by atoms with E-state index in [0.29, 0.717) is 51.6 Å². The standard InChI is InChI=1S/C29H32F2N8O3/c1-17(40)11-18-12-20(7-9-32-18)42-21-14-33-27-25(26(21)41-6)37(5)28(35-27)34-24-13-22(29(2,3)4)39(36-24)19-8-10-38(15-19)16-23(30)31/h7-10,12-15,23H,11,16H2,1-6H3,(H,33,34,35,36). The molecule has 13 heteroatoms. The highest BCUT2D eigenvalue weighted by Gasteiger charge is 2.24. The smallest absolute Gasteiger partial charge is 0.256 e. The monoisotopic (exact) mass is 578 g/mol. The second-order valence-corrected chi connectivity index (χ2v) is 10.9. The summed E-state index contributed by atoms with van der Waals surface area (Å²) in [5.74, 6) is 2.26. The number of carbonyl (C=O) groups excluding carboxylic acids is 1. The summed E-state index contributed by atoms with van der Waals surface area (Å²) in [6, 6.07) is 7.05. The van der Waals surface area contributed by atoms with Crippen molar-refractivity contribution in [2.45, 2.75) is 52.5 Å². The summed E-state index contributed by atoms with van der Waals surface area (Å²) in [5.41, 5.74) is 2.88. The lowest BCUT2D eigenvalue weighted by Gasteiger charge is -2.19. The summed E-state index contributed by atoms with van der Waals surface area (Å²) in [7, 11) is 3.35. The van der Waals surface area contributed by atoms with E-state index < -0.39 is 13.0 Å². The van der Waals surface area contributed by atoms with Crippen LogP contribution in [0.15, 0.2) is 49.1 Å². The topological polar surface area (TPSA) is 114 Å². The molecular formula is C29H32F2N8O3. The minimum Gasteiger partial charge on any atom is -0.491 e. The van der Waals surface area contributed by atoms with E-state index >= 15 is 0 Å².